The largest absolute Gasteiger partial charge is 0.493 e. The predicted octanol–water partition coefficient (Wildman–Crippen LogP) is 2.26. The first-order chi connectivity index (χ1) is 9.58. The molecule has 1 aromatic carbocycles. The second-order valence-electron chi connectivity index (χ2n) is 4.54. The minimum Gasteiger partial charge on any atom is -0.493 e. The maximum absolute atomic E-state index is 9.10. The van der Waals surface area contributed by atoms with Crippen molar-refractivity contribution in [3.05, 3.63) is 22.7 Å². The minimum atomic E-state index is -0.320. The van der Waals surface area contributed by atoms with Crippen LogP contribution in [0.3, 0.4) is 0 Å². The summed E-state index contributed by atoms with van der Waals surface area (Å²) in [6.07, 6.45) is -0.320. The van der Waals surface area contributed by atoms with Crippen molar-refractivity contribution in [3.63, 3.8) is 0 Å². The summed E-state index contributed by atoms with van der Waals surface area (Å²) in [5.41, 5.74) is 1.03. The SMILES string of the molecule is COc1cc(CNCCNCC(C)O)cc(Cl)c1OC.Cl.Cl. The van der Waals surface area contributed by atoms with E-state index in [0.29, 0.717) is 29.6 Å². The first-order valence-electron chi connectivity index (χ1n) is 6.58. The third-order valence-electron chi connectivity index (χ3n) is 2.74. The molecule has 0 amide bonds. The molecule has 1 atom stereocenters. The number of nitrogens with one attached hydrogen (secondary N) is 2. The standard InChI is InChI=1S/C14H23ClN2O3.2ClH/c1-10(18)8-16-4-5-17-9-11-6-12(15)14(20-3)13(7-11)19-2;;/h6-7,10,16-18H,4-5,8-9H2,1-3H3;2*1H. The van der Waals surface area contributed by atoms with Gasteiger partial charge in [-0.15, -0.1) is 24.8 Å². The smallest absolute Gasteiger partial charge is 0.179 e. The summed E-state index contributed by atoms with van der Waals surface area (Å²) in [5.74, 6) is 1.18. The lowest BCUT2D eigenvalue weighted by atomic mass is 10.2. The van der Waals surface area contributed by atoms with Gasteiger partial charge in [-0.3, -0.25) is 0 Å². The van der Waals surface area contributed by atoms with Crippen LogP contribution in [0.25, 0.3) is 0 Å². The monoisotopic (exact) mass is 374 g/mol. The molecule has 0 spiro atoms. The van der Waals surface area contributed by atoms with Crippen molar-refractivity contribution in [2.24, 2.45) is 0 Å². The van der Waals surface area contributed by atoms with E-state index in [0.717, 1.165) is 18.7 Å². The van der Waals surface area contributed by atoms with Crippen molar-refractivity contribution in [3.8, 4) is 11.5 Å². The number of halogens is 3. The van der Waals surface area contributed by atoms with Gasteiger partial charge in [-0.25, -0.2) is 0 Å². The molecular formula is C14H25Cl3N2O3. The van der Waals surface area contributed by atoms with Gasteiger partial charge in [0.05, 0.1) is 25.3 Å². The highest BCUT2D eigenvalue weighted by molar-refractivity contribution is 6.32. The number of aliphatic hydroxyl groups is 1. The van der Waals surface area contributed by atoms with Gasteiger partial charge in [-0.1, -0.05) is 11.6 Å². The van der Waals surface area contributed by atoms with Gasteiger partial charge in [-0.2, -0.15) is 0 Å². The fraction of sp³-hybridized carbons (Fsp3) is 0.571. The third-order valence-corrected chi connectivity index (χ3v) is 3.02. The second-order valence-corrected chi connectivity index (χ2v) is 4.95. The molecule has 130 valence electrons. The van der Waals surface area contributed by atoms with Crippen LogP contribution in [0.5, 0.6) is 11.5 Å². The summed E-state index contributed by atoms with van der Waals surface area (Å²) in [7, 11) is 3.15. The van der Waals surface area contributed by atoms with Gasteiger partial charge in [0.1, 0.15) is 0 Å². The van der Waals surface area contributed by atoms with E-state index < -0.39 is 0 Å². The van der Waals surface area contributed by atoms with Crippen LogP contribution in [0.2, 0.25) is 5.02 Å². The molecule has 1 unspecified atom stereocenters. The van der Waals surface area contributed by atoms with Crippen molar-refractivity contribution < 1.29 is 14.6 Å². The van der Waals surface area contributed by atoms with E-state index in [1.54, 1.807) is 21.1 Å². The van der Waals surface area contributed by atoms with Crippen LogP contribution < -0.4 is 20.1 Å². The molecule has 22 heavy (non-hydrogen) atoms. The summed E-state index contributed by atoms with van der Waals surface area (Å²) in [4.78, 5) is 0. The lowest BCUT2D eigenvalue weighted by Crippen LogP contribution is -2.31. The van der Waals surface area contributed by atoms with Gasteiger partial charge >= 0.3 is 0 Å². The summed E-state index contributed by atoms with van der Waals surface area (Å²) < 4.78 is 10.4. The number of methoxy groups -OCH3 is 2. The van der Waals surface area contributed by atoms with Crippen molar-refractivity contribution in [1.82, 2.24) is 10.6 Å². The van der Waals surface area contributed by atoms with E-state index in [1.807, 2.05) is 12.1 Å². The molecule has 1 rings (SSSR count). The molecule has 0 aliphatic heterocycles. The Kier molecular flexibility index (Phi) is 14.1. The van der Waals surface area contributed by atoms with Gasteiger partial charge in [0.25, 0.3) is 0 Å². The second kappa shape index (κ2) is 13.0. The molecule has 0 heterocycles. The molecule has 0 aromatic heterocycles. The number of aliphatic hydroxyl groups excluding tert-OH is 1. The summed E-state index contributed by atoms with van der Waals surface area (Å²) in [6.45, 7) is 4.65. The quantitative estimate of drug-likeness (QED) is 0.578. The molecule has 0 radical (unpaired) electrons. The lowest BCUT2D eigenvalue weighted by Gasteiger charge is -2.12. The Morgan fingerprint density at radius 2 is 1.77 bits per heavy atom. The number of hydrogen-bond acceptors (Lipinski definition) is 5. The zero-order valence-corrected chi connectivity index (χ0v) is 15.4. The molecule has 8 heteroatoms. The van der Waals surface area contributed by atoms with Gasteiger partial charge in [-0.05, 0) is 24.6 Å². The fourth-order valence-electron chi connectivity index (χ4n) is 1.79. The third kappa shape index (κ3) is 8.27. The highest BCUT2D eigenvalue weighted by Crippen LogP contribution is 2.35. The van der Waals surface area contributed by atoms with Crippen LogP contribution in [0, 0.1) is 0 Å². The van der Waals surface area contributed by atoms with E-state index in [1.165, 1.54) is 0 Å². The Balaban J connectivity index is 0. The molecule has 0 aliphatic rings. The Bertz CT molecular complexity index is 421. The maximum Gasteiger partial charge on any atom is 0.179 e. The maximum atomic E-state index is 9.10. The van der Waals surface area contributed by atoms with E-state index >= 15 is 0 Å². The lowest BCUT2D eigenvalue weighted by molar-refractivity contribution is 0.191. The summed E-state index contributed by atoms with van der Waals surface area (Å²) in [5, 5.41) is 16.1. The average molecular weight is 376 g/mol. The minimum absolute atomic E-state index is 0. The Labute approximate surface area is 149 Å². The Morgan fingerprint density at radius 3 is 2.32 bits per heavy atom. The van der Waals surface area contributed by atoms with Gasteiger partial charge in [0.2, 0.25) is 0 Å². The van der Waals surface area contributed by atoms with Crippen LogP contribution in [-0.2, 0) is 6.54 Å². The molecule has 0 bridgehead atoms. The summed E-state index contributed by atoms with van der Waals surface area (Å²) >= 11 is 6.14. The molecule has 0 saturated carbocycles. The Hall–Kier alpha value is -0.430. The molecule has 1 aromatic rings. The Morgan fingerprint density at radius 1 is 1.14 bits per heavy atom. The predicted molar refractivity (Wildman–Crippen MR) is 95.3 cm³/mol. The van der Waals surface area contributed by atoms with Crippen molar-refractivity contribution in [2.45, 2.75) is 19.6 Å². The molecule has 0 fully saturated rings. The first kappa shape index (κ1) is 23.8. The fourth-order valence-corrected chi connectivity index (χ4v) is 2.10. The molecule has 0 saturated heterocycles. The normalized spacial score (nSPS) is 11.1. The van der Waals surface area contributed by atoms with Gasteiger partial charge in [0, 0.05) is 26.2 Å². The number of benzene rings is 1. The van der Waals surface area contributed by atoms with Crippen molar-refractivity contribution in [1.29, 1.82) is 0 Å². The van der Waals surface area contributed by atoms with Gasteiger partial charge < -0.3 is 25.2 Å². The van der Waals surface area contributed by atoms with Crippen LogP contribution in [0.4, 0.5) is 0 Å². The topological polar surface area (TPSA) is 62.8 Å². The zero-order valence-electron chi connectivity index (χ0n) is 13.0. The van der Waals surface area contributed by atoms with Crippen LogP contribution in [-0.4, -0.2) is 45.1 Å². The average Bonchev–Trinajstić information content (AvgIpc) is 2.41. The number of ether oxygens (including phenoxy) is 2. The van der Waals surface area contributed by atoms with Crippen molar-refractivity contribution >= 4 is 36.4 Å². The molecule has 0 aliphatic carbocycles. The highest BCUT2D eigenvalue weighted by Gasteiger charge is 2.10. The van der Waals surface area contributed by atoms with Crippen LogP contribution in [0.15, 0.2) is 12.1 Å². The molecular weight excluding hydrogens is 351 g/mol. The van der Waals surface area contributed by atoms with E-state index in [-0.39, 0.29) is 30.9 Å². The molecule has 5 nitrogen and oxygen atoms in total. The number of rotatable bonds is 9. The number of hydrogen-bond donors (Lipinski definition) is 3. The van der Waals surface area contributed by atoms with E-state index in [9.17, 15) is 0 Å². The molecule has 3 N–H and O–H groups in total. The van der Waals surface area contributed by atoms with E-state index in [2.05, 4.69) is 10.6 Å². The van der Waals surface area contributed by atoms with Crippen LogP contribution >= 0.6 is 36.4 Å². The van der Waals surface area contributed by atoms with E-state index in [4.69, 9.17) is 26.2 Å². The first-order valence-corrected chi connectivity index (χ1v) is 6.96. The van der Waals surface area contributed by atoms with Gasteiger partial charge in [0.15, 0.2) is 11.5 Å². The van der Waals surface area contributed by atoms with Crippen molar-refractivity contribution in [2.75, 3.05) is 33.9 Å². The zero-order chi connectivity index (χ0) is 15.0. The summed E-state index contributed by atoms with van der Waals surface area (Å²) in [6, 6.07) is 3.76. The van der Waals surface area contributed by atoms with Crippen LogP contribution in [0.1, 0.15) is 12.5 Å². The highest BCUT2D eigenvalue weighted by atomic mass is 35.5.